The minimum Gasteiger partial charge on any atom is -0.366 e. The Labute approximate surface area is 117 Å². The summed E-state index contributed by atoms with van der Waals surface area (Å²) >= 11 is 0. The van der Waals surface area contributed by atoms with Crippen molar-refractivity contribution in [3.8, 4) is 11.1 Å². The zero-order valence-corrected chi connectivity index (χ0v) is 11.1. The summed E-state index contributed by atoms with van der Waals surface area (Å²) in [4.78, 5) is 15.6. The summed E-state index contributed by atoms with van der Waals surface area (Å²) in [6, 6.07) is 13.7. The lowest BCUT2D eigenvalue weighted by atomic mass is 9.98. The Morgan fingerprint density at radius 3 is 2.50 bits per heavy atom. The fraction of sp³-hybridized carbons (Fsp3) is 0.0588. The van der Waals surface area contributed by atoms with Gasteiger partial charge < -0.3 is 5.73 Å². The molecule has 3 heteroatoms. The van der Waals surface area contributed by atoms with Crippen LogP contribution in [0.25, 0.3) is 21.9 Å². The van der Waals surface area contributed by atoms with Gasteiger partial charge in [-0.05, 0) is 30.0 Å². The Morgan fingerprint density at radius 2 is 1.80 bits per heavy atom. The van der Waals surface area contributed by atoms with E-state index in [1.165, 1.54) is 5.56 Å². The maximum absolute atomic E-state index is 11.3. The summed E-state index contributed by atoms with van der Waals surface area (Å²) in [6.07, 6.45) is 3.61. The van der Waals surface area contributed by atoms with Crippen LogP contribution in [0.4, 0.5) is 0 Å². The van der Waals surface area contributed by atoms with Crippen molar-refractivity contribution >= 4 is 16.7 Å². The van der Waals surface area contributed by atoms with Crippen LogP contribution in [0.5, 0.6) is 0 Å². The monoisotopic (exact) mass is 262 g/mol. The second-order valence-electron chi connectivity index (χ2n) is 4.85. The normalized spacial score (nSPS) is 10.7. The van der Waals surface area contributed by atoms with Gasteiger partial charge in [0.2, 0.25) is 5.91 Å². The molecule has 3 nitrogen and oxygen atoms in total. The van der Waals surface area contributed by atoms with Crippen LogP contribution in [-0.4, -0.2) is 10.9 Å². The summed E-state index contributed by atoms with van der Waals surface area (Å²) < 4.78 is 0. The van der Waals surface area contributed by atoms with Gasteiger partial charge in [-0.3, -0.25) is 9.78 Å². The highest BCUT2D eigenvalue weighted by atomic mass is 16.1. The summed E-state index contributed by atoms with van der Waals surface area (Å²) in [5.74, 6) is -0.418. The second kappa shape index (κ2) is 4.78. The lowest BCUT2D eigenvalue weighted by Gasteiger charge is -2.08. The molecule has 0 saturated carbocycles. The molecule has 0 unspecified atom stereocenters. The van der Waals surface area contributed by atoms with Crippen LogP contribution >= 0.6 is 0 Å². The molecule has 0 aliphatic rings. The zero-order valence-electron chi connectivity index (χ0n) is 11.1. The van der Waals surface area contributed by atoms with E-state index < -0.39 is 5.91 Å². The van der Waals surface area contributed by atoms with Crippen molar-refractivity contribution in [2.75, 3.05) is 0 Å². The summed E-state index contributed by atoms with van der Waals surface area (Å²) in [5, 5.41) is 1.98. The van der Waals surface area contributed by atoms with Crippen molar-refractivity contribution in [3.63, 3.8) is 0 Å². The first-order valence-corrected chi connectivity index (χ1v) is 6.40. The molecule has 0 saturated heterocycles. The highest BCUT2D eigenvalue weighted by Gasteiger charge is 2.07. The third-order valence-corrected chi connectivity index (χ3v) is 3.41. The highest BCUT2D eigenvalue weighted by Crippen LogP contribution is 2.28. The molecule has 1 aromatic heterocycles. The molecule has 0 bridgehead atoms. The molecule has 3 rings (SSSR count). The van der Waals surface area contributed by atoms with Crippen molar-refractivity contribution in [1.82, 2.24) is 4.98 Å². The van der Waals surface area contributed by atoms with Crippen molar-refractivity contribution < 1.29 is 4.79 Å². The van der Waals surface area contributed by atoms with Gasteiger partial charge in [0.1, 0.15) is 0 Å². The number of aromatic nitrogens is 1. The Bertz CT molecular complexity index is 792. The van der Waals surface area contributed by atoms with Crippen LogP contribution in [0, 0.1) is 6.92 Å². The molecule has 0 spiro atoms. The molecule has 0 atom stereocenters. The molecule has 2 aromatic carbocycles. The number of aryl methyl sites for hydroxylation is 1. The third kappa shape index (κ3) is 2.14. The summed E-state index contributed by atoms with van der Waals surface area (Å²) in [5.41, 5.74) is 9.16. The van der Waals surface area contributed by atoms with Gasteiger partial charge in [0.25, 0.3) is 0 Å². The molecule has 1 heterocycles. The molecule has 1 amide bonds. The molecule has 0 radical (unpaired) electrons. The predicted octanol–water partition coefficient (Wildman–Crippen LogP) is 3.31. The van der Waals surface area contributed by atoms with Gasteiger partial charge >= 0.3 is 0 Å². The van der Waals surface area contributed by atoms with Crippen molar-refractivity contribution in [1.29, 1.82) is 0 Å². The fourth-order valence-corrected chi connectivity index (χ4v) is 2.28. The van der Waals surface area contributed by atoms with Gasteiger partial charge in [0, 0.05) is 28.9 Å². The topological polar surface area (TPSA) is 56.0 Å². The van der Waals surface area contributed by atoms with Crippen LogP contribution in [0.15, 0.2) is 54.9 Å². The van der Waals surface area contributed by atoms with E-state index in [0.29, 0.717) is 5.56 Å². The maximum atomic E-state index is 11.3. The Morgan fingerprint density at radius 1 is 1.05 bits per heavy atom. The molecule has 98 valence electrons. The number of hydrogen-bond donors (Lipinski definition) is 1. The quantitative estimate of drug-likeness (QED) is 0.770. The molecule has 20 heavy (non-hydrogen) atoms. The average Bonchev–Trinajstić information content (AvgIpc) is 2.47. The third-order valence-electron chi connectivity index (χ3n) is 3.41. The van der Waals surface area contributed by atoms with E-state index in [-0.39, 0.29) is 0 Å². The smallest absolute Gasteiger partial charge is 0.248 e. The Kier molecular flexibility index (Phi) is 2.95. The van der Waals surface area contributed by atoms with Crippen LogP contribution in [0.3, 0.4) is 0 Å². The largest absolute Gasteiger partial charge is 0.366 e. The summed E-state index contributed by atoms with van der Waals surface area (Å²) in [7, 11) is 0. The van der Waals surface area contributed by atoms with Crippen molar-refractivity contribution in [2.45, 2.75) is 6.92 Å². The number of fused-ring (bicyclic) bond motifs is 1. The number of pyridine rings is 1. The van der Waals surface area contributed by atoms with Crippen LogP contribution in [0.1, 0.15) is 15.9 Å². The van der Waals surface area contributed by atoms with Gasteiger partial charge in [0.05, 0.1) is 0 Å². The van der Waals surface area contributed by atoms with E-state index in [4.69, 9.17) is 5.73 Å². The first kappa shape index (κ1) is 12.4. The number of carbonyl (C=O) groups excluding carboxylic acids is 1. The van der Waals surface area contributed by atoms with Gasteiger partial charge in [-0.25, -0.2) is 0 Å². The first-order chi connectivity index (χ1) is 9.65. The average molecular weight is 262 g/mol. The molecule has 2 N–H and O–H groups in total. The number of nitrogens with zero attached hydrogens (tertiary/aromatic N) is 1. The number of hydrogen-bond acceptors (Lipinski definition) is 2. The zero-order chi connectivity index (χ0) is 14.1. The van der Waals surface area contributed by atoms with E-state index >= 15 is 0 Å². The van der Waals surface area contributed by atoms with Crippen molar-refractivity contribution in [3.05, 3.63) is 66.0 Å². The van der Waals surface area contributed by atoms with E-state index in [1.807, 2.05) is 18.3 Å². The number of carbonyl (C=O) groups is 1. The Hall–Kier alpha value is -2.68. The molecule has 0 fully saturated rings. The van der Waals surface area contributed by atoms with Crippen molar-refractivity contribution in [2.24, 2.45) is 5.73 Å². The van der Waals surface area contributed by atoms with Gasteiger partial charge in [-0.1, -0.05) is 35.9 Å². The summed E-state index contributed by atoms with van der Waals surface area (Å²) in [6.45, 7) is 2.05. The van der Waals surface area contributed by atoms with E-state index in [2.05, 4.69) is 36.2 Å². The maximum Gasteiger partial charge on any atom is 0.248 e. The van der Waals surface area contributed by atoms with Gasteiger partial charge in [0.15, 0.2) is 0 Å². The van der Waals surface area contributed by atoms with Crippen LogP contribution < -0.4 is 5.73 Å². The number of primary amides is 1. The minimum atomic E-state index is -0.418. The van der Waals surface area contributed by atoms with E-state index in [0.717, 1.165) is 21.9 Å². The number of benzene rings is 2. The number of amides is 1. The molecular weight excluding hydrogens is 248 g/mol. The molecule has 0 aliphatic carbocycles. The predicted molar refractivity (Wildman–Crippen MR) is 80.4 cm³/mol. The lowest BCUT2D eigenvalue weighted by molar-refractivity contribution is 0.100. The number of rotatable bonds is 2. The Balaban J connectivity index is 2.26. The second-order valence-corrected chi connectivity index (χ2v) is 4.85. The molecule has 3 aromatic rings. The van der Waals surface area contributed by atoms with Gasteiger partial charge in [-0.2, -0.15) is 0 Å². The first-order valence-electron chi connectivity index (χ1n) is 6.40. The van der Waals surface area contributed by atoms with Gasteiger partial charge in [-0.15, -0.1) is 0 Å². The van der Waals surface area contributed by atoms with E-state index in [9.17, 15) is 4.79 Å². The fourth-order valence-electron chi connectivity index (χ4n) is 2.28. The van der Waals surface area contributed by atoms with Crippen LogP contribution in [-0.2, 0) is 0 Å². The molecule has 0 aliphatic heterocycles. The molecular formula is C17H14N2O. The lowest BCUT2D eigenvalue weighted by Crippen LogP contribution is -2.10. The standard InChI is InChI=1S/C17H14N2O/c1-11-2-4-12(5-3-11)16-10-19-9-14-7-6-13(17(18)20)8-15(14)16/h2-10H,1H3,(H2,18,20). The minimum absolute atomic E-state index is 0.418. The van der Waals surface area contributed by atoms with Crippen LogP contribution in [0.2, 0.25) is 0 Å². The number of nitrogens with two attached hydrogens (primary N) is 1. The van der Waals surface area contributed by atoms with E-state index in [1.54, 1.807) is 12.3 Å². The SMILES string of the molecule is Cc1ccc(-c2cncc3ccc(C(N)=O)cc23)cc1. The highest BCUT2D eigenvalue weighted by molar-refractivity contribution is 6.02.